The van der Waals surface area contributed by atoms with Crippen molar-refractivity contribution < 1.29 is 27.9 Å². The number of nitrogens with zero attached hydrogens (tertiary/aromatic N) is 9. The number of carbonyl (C=O) groups excluding carboxylic acids is 1. The molecule has 0 aliphatic rings. The lowest BCUT2D eigenvalue weighted by molar-refractivity contribution is -0.143. The van der Waals surface area contributed by atoms with Crippen LogP contribution < -0.4 is 10.2 Å². The summed E-state index contributed by atoms with van der Waals surface area (Å²) in [5.41, 5.74) is -3.79. The lowest BCUT2D eigenvalue weighted by atomic mass is 10.0. The first kappa shape index (κ1) is 28.0. The van der Waals surface area contributed by atoms with E-state index in [1.54, 1.807) is 20.8 Å². The van der Waals surface area contributed by atoms with E-state index in [1.807, 2.05) is 11.4 Å². The average Bonchev–Trinajstić information content (AvgIpc) is 3.54. The normalized spacial score (nSPS) is 11.7. The Balaban J connectivity index is 1.87. The predicted molar refractivity (Wildman–Crippen MR) is 133 cm³/mol. The molecule has 0 aliphatic heterocycles. The maximum absolute atomic E-state index is 14.4. The Labute approximate surface area is 228 Å². The van der Waals surface area contributed by atoms with Crippen molar-refractivity contribution in [3.05, 3.63) is 65.0 Å². The second-order valence-electron chi connectivity index (χ2n) is 9.07. The summed E-state index contributed by atoms with van der Waals surface area (Å²) in [5, 5.41) is 31.9. The Morgan fingerprint density at radius 2 is 1.75 bits per heavy atom. The number of carbonyl (C=O) groups is 2. The molecule has 0 fully saturated rings. The van der Waals surface area contributed by atoms with Crippen LogP contribution in [0, 0.1) is 11.3 Å². The SMILES string of the molecule is CC(C)(C)N(C(=O)c1cnn(-c2cc(NC(=O)O)ncc2Cl)c1C(F)(F)F)c1cnc(-n2nccn2)c(C#N)c1. The Morgan fingerprint density at radius 1 is 1.07 bits per heavy atom. The highest BCUT2D eigenvalue weighted by molar-refractivity contribution is 6.32. The molecule has 0 saturated heterocycles. The molecule has 4 rings (SSSR count). The fourth-order valence-electron chi connectivity index (χ4n) is 3.79. The molecule has 0 atom stereocenters. The van der Waals surface area contributed by atoms with E-state index in [-0.39, 0.29) is 33.6 Å². The van der Waals surface area contributed by atoms with Gasteiger partial charge in [0.2, 0.25) is 0 Å². The highest BCUT2D eigenvalue weighted by atomic mass is 35.5. The largest absolute Gasteiger partial charge is 0.465 e. The summed E-state index contributed by atoms with van der Waals surface area (Å²) >= 11 is 6.09. The topological polar surface area (TPSA) is 168 Å². The Bertz CT molecular complexity index is 1640. The molecule has 0 saturated carbocycles. The summed E-state index contributed by atoms with van der Waals surface area (Å²) in [7, 11) is 0. The predicted octanol–water partition coefficient (Wildman–Crippen LogP) is 4.32. The van der Waals surface area contributed by atoms with Crippen molar-refractivity contribution in [1.82, 2.24) is 34.7 Å². The number of amides is 2. The molecule has 0 bridgehead atoms. The van der Waals surface area contributed by atoms with Gasteiger partial charge in [-0.05, 0) is 26.8 Å². The van der Waals surface area contributed by atoms with Crippen LogP contribution in [-0.4, -0.2) is 57.4 Å². The number of pyridine rings is 2. The van der Waals surface area contributed by atoms with Crippen LogP contribution in [0.1, 0.15) is 42.4 Å². The fourth-order valence-corrected chi connectivity index (χ4v) is 3.98. The van der Waals surface area contributed by atoms with Gasteiger partial charge in [-0.2, -0.15) is 33.7 Å². The molecule has 0 spiro atoms. The number of nitrogens with one attached hydrogen (secondary N) is 1. The minimum absolute atomic E-state index is 0.0284. The number of nitriles is 1. The number of carboxylic acid groups (broad SMARTS) is 1. The molecular formula is C23H18ClF3N10O3. The molecule has 4 aromatic rings. The molecule has 2 N–H and O–H groups in total. The molecule has 0 aliphatic carbocycles. The van der Waals surface area contributed by atoms with Gasteiger partial charge in [-0.25, -0.2) is 19.4 Å². The summed E-state index contributed by atoms with van der Waals surface area (Å²) in [6.45, 7) is 4.75. The molecule has 13 nitrogen and oxygen atoms in total. The summed E-state index contributed by atoms with van der Waals surface area (Å²) in [5.74, 6) is -1.36. The van der Waals surface area contributed by atoms with Crippen LogP contribution in [0.4, 0.5) is 29.5 Å². The summed E-state index contributed by atoms with van der Waals surface area (Å²) in [4.78, 5) is 34.8. The van der Waals surface area contributed by atoms with E-state index in [9.17, 15) is 28.0 Å². The van der Waals surface area contributed by atoms with Crippen LogP contribution in [0.3, 0.4) is 0 Å². The molecule has 4 heterocycles. The van der Waals surface area contributed by atoms with Gasteiger partial charge in [0.1, 0.15) is 17.5 Å². The fraction of sp³-hybridized carbons (Fsp3) is 0.217. The first-order chi connectivity index (χ1) is 18.7. The Kier molecular flexibility index (Phi) is 7.18. The molecule has 17 heteroatoms. The quantitative estimate of drug-likeness (QED) is 0.352. The van der Waals surface area contributed by atoms with E-state index in [0.717, 1.165) is 28.2 Å². The average molecular weight is 575 g/mol. The Morgan fingerprint density at radius 3 is 2.33 bits per heavy atom. The van der Waals surface area contributed by atoms with E-state index >= 15 is 0 Å². The zero-order valence-corrected chi connectivity index (χ0v) is 21.6. The molecule has 0 aromatic carbocycles. The zero-order valence-electron chi connectivity index (χ0n) is 20.8. The first-order valence-electron chi connectivity index (χ1n) is 11.1. The molecule has 4 aromatic heterocycles. The van der Waals surface area contributed by atoms with E-state index in [2.05, 4.69) is 25.3 Å². The van der Waals surface area contributed by atoms with Crippen molar-refractivity contribution in [3.8, 4) is 17.6 Å². The lowest BCUT2D eigenvalue weighted by Gasteiger charge is -2.35. The third kappa shape index (κ3) is 5.40. The maximum Gasteiger partial charge on any atom is 0.434 e. The molecule has 2 amide bonds. The van der Waals surface area contributed by atoms with Gasteiger partial charge in [0, 0.05) is 11.6 Å². The molecule has 40 heavy (non-hydrogen) atoms. The van der Waals surface area contributed by atoms with Crippen LogP contribution in [0.25, 0.3) is 11.5 Å². The Hall–Kier alpha value is -5.04. The summed E-state index contributed by atoms with van der Waals surface area (Å²) in [6, 6.07) is 4.16. The van der Waals surface area contributed by atoms with Crippen molar-refractivity contribution in [2.45, 2.75) is 32.5 Å². The lowest BCUT2D eigenvalue weighted by Crippen LogP contribution is -2.46. The third-order valence-corrected chi connectivity index (χ3v) is 5.57. The van der Waals surface area contributed by atoms with Crippen LogP contribution in [0.2, 0.25) is 5.02 Å². The van der Waals surface area contributed by atoms with Crippen molar-refractivity contribution in [2.75, 3.05) is 10.2 Å². The standard InChI is InChI=1S/C23H18ClF3N10O3/c1-22(2,3)35(13-6-12(8-28)19(30-9-13)37-31-4-5-32-37)20(38)14-10-33-36(18(14)23(25,26)27)16-7-17(34-21(39)40)29-11-15(16)24/h4-7,9-11H,1-3H3,(H,29,34)(H,39,40). The van der Waals surface area contributed by atoms with Crippen LogP contribution in [0.5, 0.6) is 0 Å². The molecule has 206 valence electrons. The van der Waals surface area contributed by atoms with E-state index in [1.165, 1.54) is 24.7 Å². The van der Waals surface area contributed by atoms with Crippen molar-refractivity contribution in [2.24, 2.45) is 0 Å². The number of alkyl halides is 3. The van der Waals surface area contributed by atoms with Gasteiger partial charge in [-0.15, -0.1) is 4.80 Å². The van der Waals surface area contributed by atoms with Crippen molar-refractivity contribution in [1.29, 1.82) is 5.26 Å². The van der Waals surface area contributed by atoms with E-state index < -0.39 is 35.0 Å². The third-order valence-electron chi connectivity index (χ3n) is 5.28. The van der Waals surface area contributed by atoms with Gasteiger partial charge in [0.05, 0.1) is 52.9 Å². The minimum Gasteiger partial charge on any atom is -0.465 e. The van der Waals surface area contributed by atoms with Crippen LogP contribution >= 0.6 is 11.6 Å². The number of rotatable bonds is 5. The summed E-state index contributed by atoms with van der Waals surface area (Å²) in [6.07, 6.45) is -0.993. The van der Waals surface area contributed by atoms with Gasteiger partial charge in [-0.1, -0.05) is 11.6 Å². The number of aromatic nitrogens is 7. The van der Waals surface area contributed by atoms with Gasteiger partial charge >= 0.3 is 12.3 Å². The highest BCUT2D eigenvalue weighted by Crippen LogP contribution is 2.37. The van der Waals surface area contributed by atoms with Crippen LogP contribution in [0.15, 0.2) is 43.1 Å². The monoisotopic (exact) mass is 574 g/mol. The second kappa shape index (κ2) is 10.3. The smallest absolute Gasteiger partial charge is 0.434 e. The van der Waals surface area contributed by atoms with E-state index in [4.69, 9.17) is 16.7 Å². The van der Waals surface area contributed by atoms with Gasteiger partial charge < -0.3 is 10.0 Å². The zero-order chi connectivity index (χ0) is 29.4. The summed E-state index contributed by atoms with van der Waals surface area (Å²) < 4.78 is 43.7. The molecule has 0 radical (unpaired) electrons. The maximum atomic E-state index is 14.4. The molecular weight excluding hydrogens is 557 g/mol. The van der Waals surface area contributed by atoms with Crippen molar-refractivity contribution in [3.63, 3.8) is 0 Å². The number of anilines is 2. The van der Waals surface area contributed by atoms with Gasteiger partial charge in [0.15, 0.2) is 11.5 Å². The minimum atomic E-state index is -5.11. The van der Waals surface area contributed by atoms with Crippen LogP contribution in [-0.2, 0) is 6.18 Å². The van der Waals surface area contributed by atoms with Gasteiger partial charge in [0.25, 0.3) is 5.91 Å². The van der Waals surface area contributed by atoms with Gasteiger partial charge in [-0.3, -0.25) is 10.1 Å². The number of hydrogen-bond donors (Lipinski definition) is 2. The molecule has 0 unspecified atom stereocenters. The van der Waals surface area contributed by atoms with E-state index in [0.29, 0.717) is 4.68 Å². The number of hydrogen-bond acceptors (Lipinski definition) is 8. The van der Waals surface area contributed by atoms with Crippen molar-refractivity contribution >= 4 is 35.1 Å². The number of halogens is 4. The first-order valence-corrected chi connectivity index (χ1v) is 11.5. The highest BCUT2D eigenvalue weighted by Gasteiger charge is 2.43. The second-order valence-corrected chi connectivity index (χ2v) is 9.48.